The van der Waals surface area contributed by atoms with Crippen LogP contribution in [0.4, 0.5) is 10.5 Å². The van der Waals surface area contributed by atoms with E-state index in [2.05, 4.69) is 0 Å². The molecule has 8 heteroatoms. The van der Waals surface area contributed by atoms with Crippen molar-refractivity contribution in [3.05, 3.63) is 70.2 Å². The van der Waals surface area contributed by atoms with Gasteiger partial charge in [-0.15, -0.1) is 0 Å². The van der Waals surface area contributed by atoms with Crippen molar-refractivity contribution in [1.82, 2.24) is 0 Å². The van der Waals surface area contributed by atoms with Crippen LogP contribution < -0.4 is 9.64 Å². The molecular weight excluding hydrogens is 409 g/mol. The Labute approximate surface area is 169 Å². The number of carboxylic acid groups (broad SMARTS) is 1. The van der Waals surface area contributed by atoms with Crippen LogP contribution in [0.25, 0.3) is 10.4 Å². The summed E-state index contributed by atoms with van der Waals surface area (Å²) >= 11 is 13.2. The highest BCUT2D eigenvalue weighted by Crippen LogP contribution is 2.39. The number of halogens is 2. The van der Waals surface area contributed by atoms with Crippen LogP contribution in [0, 0.1) is 0 Å². The van der Waals surface area contributed by atoms with E-state index in [1.165, 1.54) is 11.0 Å². The molecule has 138 valence electrons. The molecule has 0 bridgehead atoms. The quantitative estimate of drug-likeness (QED) is 0.520. The van der Waals surface area contributed by atoms with Gasteiger partial charge in [-0.2, -0.15) is 0 Å². The van der Waals surface area contributed by atoms with Gasteiger partial charge in [0.05, 0.1) is 16.3 Å². The molecule has 0 saturated heterocycles. The minimum Gasteiger partial charge on any atom is -0.449 e. The van der Waals surface area contributed by atoms with Crippen LogP contribution in [0.5, 0.6) is 5.06 Å². The van der Waals surface area contributed by atoms with Crippen LogP contribution in [0.15, 0.2) is 54.6 Å². The third-order valence-electron chi connectivity index (χ3n) is 3.74. The van der Waals surface area contributed by atoms with Gasteiger partial charge in [-0.25, -0.2) is 4.79 Å². The molecule has 0 atom stereocenters. The summed E-state index contributed by atoms with van der Waals surface area (Å²) in [5.41, 5.74) is 1.43. The summed E-state index contributed by atoms with van der Waals surface area (Å²) in [7, 11) is 1.54. The normalized spacial score (nSPS) is 10.5. The summed E-state index contributed by atoms with van der Waals surface area (Å²) in [4.78, 5) is 26.1. The predicted molar refractivity (Wildman–Crippen MR) is 108 cm³/mol. The number of hydrogen-bond acceptors (Lipinski definition) is 4. The van der Waals surface area contributed by atoms with E-state index in [4.69, 9.17) is 33.0 Å². The van der Waals surface area contributed by atoms with Gasteiger partial charge in [0.2, 0.25) is 5.06 Å². The molecule has 1 heterocycles. The molecule has 1 N–H and O–H groups in total. The molecule has 0 aliphatic rings. The summed E-state index contributed by atoms with van der Waals surface area (Å²) in [5, 5.41) is 9.76. The Morgan fingerprint density at radius 3 is 2.41 bits per heavy atom. The molecule has 0 radical (unpaired) electrons. The molecule has 3 aromatic rings. The van der Waals surface area contributed by atoms with E-state index < -0.39 is 12.1 Å². The number of amides is 1. The van der Waals surface area contributed by atoms with Crippen molar-refractivity contribution in [1.29, 1.82) is 0 Å². The Kier molecular flexibility index (Phi) is 5.70. The zero-order chi connectivity index (χ0) is 19.6. The minimum absolute atomic E-state index is 0.00305. The first-order chi connectivity index (χ1) is 12.9. The van der Waals surface area contributed by atoms with Gasteiger partial charge >= 0.3 is 6.16 Å². The lowest BCUT2D eigenvalue weighted by Crippen LogP contribution is -2.26. The van der Waals surface area contributed by atoms with Gasteiger partial charge < -0.3 is 14.7 Å². The first-order valence-corrected chi connectivity index (χ1v) is 9.27. The zero-order valence-electron chi connectivity index (χ0n) is 14.0. The summed E-state index contributed by atoms with van der Waals surface area (Å²) in [6.07, 6.45) is -1.49. The van der Waals surface area contributed by atoms with Crippen molar-refractivity contribution in [2.75, 3.05) is 11.9 Å². The largest absolute Gasteiger partial charge is 0.512 e. The Hall–Kier alpha value is -2.54. The topological polar surface area (TPSA) is 66.8 Å². The van der Waals surface area contributed by atoms with Crippen LogP contribution in [0.3, 0.4) is 0 Å². The minimum atomic E-state index is -1.49. The van der Waals surface area contributed by atoms with Crippen molar-refractivity contribution in [3.8, 4) is 15.5 Å². The third-order valence-corrected chi connectivity index (χ3v) is 5.34. The van der Waals surface area contributed by atoms with Gasteiger partial charge in [0, 0.05) is 16.9 Å². The molecule has 27 heavy (non-hydrogen) atoms. The molecule has 2 aromatic carbocycles. The Bertz CT molecular complexity index is 1000. The van der Waals surface area contributed by atoms with Gasteiger partial charge in [-0.05, 0) is 29.8 Å². The van der Waals surface area contributed by atoms with Crippen molar-refractivity contribution >= 4 is 52.3 Å². The van der Waals surface area contributed by atoms with Crippen molar-refractivity contribution in [2.24, 2.45) is 0 Å². The van der Waals surface area contributed by atoms with Gasteiger partial charge in [0.1, 0.15) is 0 Å². The van der Waals surface area contributed by atoms with E-state index in [9.17, 15) is 9.59 Å². The number of rotatable bonds is 4. The SMILES string of the molecule is CN(C(=O)c1cc(-c2ccccc2)sc1OC(=O)O)c1ccc(Cl)cc1Cl. The number of hydrogen-bond donors (Lipinski definition) is 1. The summed E-state index contributed by atoms with van der Waals surface area (Å²) in [5.74, 6) is -0.450. The van der Waals surface area contributed by atoms with E-state index in [0.717, 1.165) is 16.9 Å². The average molecular weight is 422 g/mol. The average Bonchev–Trinajstić information content (AvgIpc) is 3.04. The number of thiophene rings is 1. The second-order valence-electron chi connectivity index (χ2n) is 5.51. The summed E-state index contributed by atoms with van der Waals surface area (Å²) in [6, 6.07) is 15.7. The van der Waals surface area contributed by atoms with Crippen molar-refractivity contribution < 1.29 is 19.4 Å². The van der Waals surface area contributed by atoms with Gasteiger partial charge in [0.15, 0.2) is 0 Å². The molecule has 0 fully saturated rings. The molecule has 1 aromatic heterocycles. The van der Waals surface area contributed by atoms with E-state index in [0.29, 0.717) is 20.6 Å². The number of benzene rings is 2. The summed E-state index contributed by atoms with van der Waals surface area (Å²) < 4.78 is 4.84. The summed E-state index contributed by atoms with van der Waals surface area (Å²) in [6.45, 7) is 0. The molecule has 0 unspecified atom stereocenters. The Morgan fingerprint density at radius 1 is 1.07 bits per heavy atom. The molecule has 5 nitrogen and oxygen atoms in total. The number of ether oxygens (including phenoxy) is 1. The number of nitrogens with zero attached hydrogens (tertiary/aromatic N) is 1. The van der Waals surface area contributed by atoms with Crippen LogP contribution in [-0.4, -0.2) is 24.2 Å². The van der Waals surface area contributed by atoms with Crippen LogP contribution in [0.2, 0.25) is 10.0 Å². The fraction of sp³-hybridized carbons (Fsp3) is 0.0526. The number of anilines is 1. The predicted octanol–water partition coefficient (Wildman–Crippen LogP) is 6.06. The molecule has 0 saturated carbocycles. The molecule has 1 amide bonds. The maximum absolute atomic E-state index is 13.0. The molecule has 0 aliphatic carbocycles. The van der Waals surface area contributed by atoms with Crippen LogP contribution in [-0.2, 0) is 0 Å². The zero-order valence-corrected chi connectivity index (χ0v) is 16.3. The van der Waals surface area contributed by atoms with E-state index in [1.54, 1.807) is 25.2 Å². The molecule has 0 aliphatic heterocycles. The standard InChI is InChI=1S/C19H13Cl2NO4S/c1-22(15-8-7-12(20)9-14(15)21)17(23)13-10-16(11-5-3-2-4-6-11)27-18(13)26-19(24)25/h2-10H,1H3,(H,24,25). The van der Waals surface area contributed by atoms with E-state index >= 15 is 0 Å². The number of carbonyl (C=O) groups excluding carboxylic acids is 1. The molecule has 3 rings (SSSR count). The smallest absolute Gasteiger partial charge is 0.449 e. The highest BCUT2D eigenvalue weighted by molar-refractivity contribution is 7.17. The van der Waals surface area contributed by atoms with Crippen LogP contribution in [0.1, 0.15) is 10.4 Å². The maximum atomic E-state index is 13.0. The lowest BCUT2D eigenvalue weighted by molar-refractivity contribution is 0.0990. The van der Waals surface area contributed by atoms with Gasteiger partial charge in [-0.1, -0.05) is 64.9 Å². The Balaban J connectivity index is 2.01. The highest BCUT2D eigenvalue weighted by Gasteiger charge is 2.24. The second-order valence-corrected chi connectivity index (χ2v) is 7.36. The lowest BCUT2D eigenvalue weighted by atomic mass is 10.1. The van der Waals surface area contributed by atoms with Crippen molar-refractivity contribution in [2.45, 2.75) is 0 Å². The lowest BCUT2D eigenvalue weighted by Gasteiger charge is -2.18. The second kappa shape index (κ2) is 8.00. The maximum Gasteiger partial charge on any atom is 0.512 e. The highest BCUT2D eigenvalue weighted by atomic mass is 35.5. The van der Waals surface area contributed by atoms with Crippen molar-refractivity contribution in [3.63, 3.8) is 0 Å². The number of carbonyl (C=O) groups is 2. The van der Waals surface area contributed by atoms with E-state index in [-0.39, 0.29) is 10.6 Å². The molecular formula is C19H13Cl2NO4S. The van der Waals surface area contributed by atoms with Gasteiger partial charge in [0.25, 0.3) is 5.91 Å². The van der Waals surface area contributed by atoms with Crippen LogP contribution >= 0.6 is 34.5 Å². The fourth-order valence-electron chi connectivity index (χ4n) is 2.47. The van der Waals surface area contributed by atoms with E-state index in [1.807, 2.05) is 30.3 Å². The fourth-order valence-corrected chi connectivity index (χ4v) is 4.00. The molecule has 0 spiro atoms. The Morgan fingerprint density at radius 2 is 1.78 bits per heavy atom. The first kappa shape index (κ1) is 19.2. The monoisotopic (exact) mass is 421 g/mol. The third kappa shape index (κ3) is 4.24. The first-order valence-electron chi connectivity index (χ1n) is 7.70. The van der Waals surface area contributed by atoms with Gasteiger partial charge in [-0.3, -0.25) is 4.79 Å².